The predicted octanol–water partition coefficient (Wildman–Crippen LogP) is 1.11. The lowest BCUT2D eigenvalue weighted by Crippen LogP contribution is -2.51. The summed E-state index contributed by atoms with van der Waals surface area (Å²) in [5.41, 5.74) is 3.44. The van der Waals surface area contributed by atoms with Crippen LogP contribution in [0.2, 0.25) is 0 Å². The molecule has 2 heterocycles. The van der Waals surface area contributed by atoms with Crippen LogP contribution in [0.3, 0.4) is 0 Å². The van der Waals surface area contributed by atoms with Crippen molar-refractivity contribution >= 4 is 11.8 Å². The number of benzene rings is 1. The zero-order valence-corrected chi connectivity index (χ0v) is 16.2. The lowest BCUT2D eigenvalue weighted by atomic mass is 10.1. The normalized spacial score (nSPS) is 15.0. The Kier molecular flexibility index (Phi) is 5.91. The molecule has 1 fully saturated rings. The molecular formula is C20H27N5O2. The van der Waals surface area contributed by atoms with Gasteiger partial charge < -0.3 is 10.2 Å². The number of carbonyl (C=O) groups excluding carboxylic acids is 2. The van der Waals surface area contributed by atoms with E-state index in [-0.39, 0.29) is 11.8 Å². The van der Waals surface area contributed by atoms with Gasteiger partial charge in [0.05, 0.1) is 17.8 Å². The minimum Gasteiger partial charge on any atom is -0.351 e. The van der Waals surface area contributed by atoms with Crippen molar-refractivity contribution in [3.05, 3.63) is 52.8 Å². The molecule has 0 radical (unpaired) electrons. The Morgan fingerprint density at radius 1 is 1.07 bits per heavy atom. The Labute approximate surface area is 159 Å². The van der Waals surface area contributed by atoms with Crippen LogP contribution < -0.4 is 5.32 Å². The van der Waals surface area contributed by atoms with Crippen molar-refractivity contribution in [3.8, 4) is 0 Å². The SMILES string of the molecule is Cc1nn(C)c(C)c1C(=O)N1CCN(CC(=O)NCc2ccccc2)CC1. The van der Waals surface area contributed by atoms with E-state index in [9.17, 15) is 9.59 Å². The zero-order valence-electron chi connectivity index (χ0n) is 16.2. The first kappa shape index (κ1) is 19.1. The monoisotopic (exact) mass is 369 g/mol. The number of piperazine rings is 1. The van der Waals surface area contributed by atoms with E-state index in [2.05, 4.69) is 15.3 Å². The van der Waals surface area contributed by atoms with Crippen LogP contribution in [0.5, 0.6) is 0 Å². The topological polar surface area (TPSA) is 70.5 Å². The minimum atomic E-state index is 0.0116. The van der Waals surface area contributed by atoms with Gasteiger partial charge in [-0.25, -0.2) is 0 Å². The average Bonchev–Trinajstić information content (AvgIpc) is 2.93. The number of amides is 2. The molecule has 1 aromatic carbocycles. The van der Waals surface area contributed by atoms with Crippen molar-refractivity contribution in [2.45, 2.75) is 20.4 Å². The van der Waals surface area contributed by atoms with E-state index in [0.717, 1.165) is 17.0 Å². The maximum absolute atomic E-state index is 12.8. The lowest BCUT2D eigenvalue weighted by Gasteiger charge is -2.34. The van der Waals surface area contributed by atoms with Gasteiger partial charge >= 0.3 is 0 Å². The quantitative estimate of drug-likeness (QED) is 0.857. The summed E-state index contributed by atoms with van der Waals surface area (Å²) in [7, 11) is 1.85. The fourth-order valence-electron chi connectivity index (χ4n) is 3.41. The van der Waals surface area contributed by atoms with Crippen molar-refractivity contribution in [3.63, 3.8) is 0 Å². The van der Waals surface area contributed by atoms with Gasteiger partial charge in [-0.05, 0) is 19.4 Å². The molecule has 0 atom stereocenters. The van der Waals surface area contributed by atoms with Crippen LogP contribution in [-0.4, -0.2) is 64.1 Å². The molecule has 0 aliphatic carbocycles. The molecule has 7 nitrogen and oxygen atoms in total. The van der Waals surface area contributed by atoms with Crippen molar-refractivity contribution in [1.82, 2.24) is 24.9 Å². The first-order valence-corrected chi connectivity index (χ1v) is 9.28. The van der Waals surface area contributed by atoms with Crippen LogP contribution in [0.4, 0.5) is 0 Å². The molecule has 1 saturated heterocycles. The molecule has 0 spiro atoms. The van der Waals surface area contributed by atoms with Crippen molar-refractivity contribution in [2.24, 2.45) is 7.05 Å². The lowest BCUT2D eigenvalue weighted by molar-refractivity contribution is -0.122. The summed E-state index contributed by atoms with van der Waals surface area (Å²) in [6.45, 7) is 7.33. The van der Waals surface area contributed by atoms with E-state index in [1.807, 2.05) is 56.1 Å². The smallest absolute Gasteiger partial charge is 0.257 e. The number of hydrogen-bond donors (Lipinski definition) is 1. The first-order valence-electron chi connectivity index (χ1n) is 9.28. The molecule has 2 amide bonds. The summed E-state index contributed by atoms with van der Waals surface area (Å²) in [5.74, 6) is 0.0452. The predicted molar refractivity (Wildman–Crippen MR) is 103 cm³/mol. The maximum Gasteiger partial charge on any atom is 0.257 e. The van der Waals surface area contributed by atoms with Crippen LogP contribution in [0.25, 0.3) is 0 Å². The van der Waals surface area contributed by atoms with Gasteiger partial charge in [-0.1, -0.05) is 30.3 Å². The van der Waals surface area contributed by atoms with Gasteiger partial charge in [0.15, 0.2) is 0 Å². The number of nitrogens with zero attached hydrogens (tertiary/aromatic N) is 4. The third-order valence-electron chi connectivity index (χ3n) is 5.08. The van der Waals surface area contributed by atoms with E-state index in [1.54, 1.807) is 4.68 Å². The number of rotatable bonds is 5. The summed E-state index contributed by atoms with van der Waals surface area (Å²) < 4.78 is 1.75. The molecule has 1 N–H and O–H groups in total. The van der Waals surface area contributed by atoms with E-state index < -0.39 is 0 Å². The molecule has 0 bridgehead atoms. The Morgan fingerprint density at radius 3 is 2.33 bits per heavy atom. The number of nitrogens with one attached hydrogen (secondary N) is 1. The fraction of sp³-hybridized carbons (Fsp3) is 0.450. The van der Waals surface area contributed by atoms with Crippen LogP contribution in [0, 0.1) is 13.8 Å². The molecule has 1 aromatic heterocycles. The van der Waals surface area contributed by atoms with E-state index >= 15 is 0 Å². The highest BCUT2D eigenvalue weighted by Gasteiger charge is 2.26. The molecule has 7 heteroatoms. The summed E-state index contributed by atoms with van der Waals surface area (Å²) in [6.07, 6.45) is 0. The second kappa shape index (κ2) is 8.35. The first-order chi connectivity index (χ1) is 13.0. The van der Waals surface area contributed by atoms with E-state index in [0.29, 0.717) is 44.8 Å². The Hall–Kier alpha value is -2.67. The Bertz CT molecular complexity index is 807. The number of hydrogen-bond acceptors (Lipinski definition) is 4. The molecule has 27 heavy (non-hydrogen) atoms. The average molecular weight is 369 g/mol. The van der Waals surface area contributed by atoms with E-state index in [1.165, 1.54) is 0 Å². The maximum atomic E-state index is 12.8. The minimum absolute atomic E-state index is 0.0116. The fourth-order valence-corrected chi connectivity index (χ4v) is 3.41. The van der Waals surface area contributed by atoms with Gasteiger partial charge in [-0.15, -0.1) is 0 Å². The van der Waals surface area contributed by atoms with Crippen molar-refractivity contribution in [1.29, 1.82) is 0 Å². The van der Waals surface area contributed by atoms with Gasteiger partial charge in [0.1, 0.15) is 0 Å². The summed E-state index contributed by atoms with van der Waals surface area (Å²) in [4.78, 5) is 28.9. The molecule has 1 aliphatic rings. The van der Waals surface area contributed by atoms with E-state index in [4.69, 9.17) is 0 Å². The summed E-state index contributed by atoms with van der Waals surface area (Å²) in [6, 6.07) is 9.87. The molecule has 0 saturated carbocycles. The molecule has 3 rings (SSSR count). The van der Waals surface area contributed by atoms with Crippen molar-refractivity contribution < 1.29 is 9.59 Å². The van der Waals surface area contributed by atoms with Crippen LogP contribution >= 0.6 is 0 Å². The highest BCUT2D eigenvalue weighted by atomic mass is 16.2. The van der Waals surface area contributed by atoms with Crippen LogP contribution in [0.1, 0.15) is 27.3 Å². The highest BCUT2D eigenvalue weighted by Crippen LogP contribution is 2.16. The van der Waals surface area contributed by atoms with Gasteiger partial charge in [-0.2, -0.15) is 5.10 Å². The number of carbonyl (C=O) groups is 2. The highest BCUT2D eigenvalue weighted by molar-refractivity contribution is 5.96. The summed E-state index contributed by atoms with van der Waals surface area (Å²) in [5, 5.41) is 7.28. The Balaban J connectivity index is 1.47. The van der Waals surface area contributed by atoms with Gasteiger partial charge in [-0.3, -0.25) is 19.2 Å². The van der Waals surface area contributed by atoms with Crippen LogP contribution in [-0.2, 0) is 18.4 Å². The van der Waals surface area contributed by atoms with Crippen molar-refractivity contribution in [2.75, 3.05) is 32.7 Å². The summed E-state index contributed by atoms with van der Waals surface area (Å²) >= 11 is 0. The second-order valence-electron chi connectivity index (χ2n) is 7.00. The molecule has 2 aromatic rings. The van der Waals surface area contributed by atoms with Gasteiger partial charge in [0.2, 0.25) is 5.91 Å². The Morgan fingerprint density at radius 2 is 1.74 bits per heavy atom. The second-order valence-corrected chi connectivity index (χ2v) is 7.00. The largest absolute Gasteiger partial charge is 0.351 e. The molecule has 144 valence electrons. The molecule has 1 aliphatic heterocycles. The number of aryl methyl sites for hydroxylation is 2. The van der Waals surface area contributed by atoms with Crippen LogP contribution in [0.15, 0.2) is 30.3 Å². The number of aromatic nitrogens is 2. The van der Waals surface area contributed by atoms with Gasteiger partial charge in [0.25, 0.3) is 5.91 Å². The molecule has 0 unspecified atom stereocenters. The third-order valence-corrected chi connectivity index (χ3v) is 5.08. The van der Waals surface area contributed by atoms with Gasteiger partial charge in [0, 0.05) is 45.5 Å². The standard InChI is InChI=1S/C20H27N5O2/c1-15-19(16(2)23(3)22-15)20(27)25-11-9-24(10-12-25)14-18(26)21-13-17-7-5-4-6-8-17/h4-8H,9-14H2,1-3H3,(H,21,26). The molecular weight excluding hydrogens is 342 g/mol. The zero-order chi connectivity index (χ0) is 19.4. The third kappa shape index (κ3) is 4.54.